The van der Waals surface area contributed by atoms with Crippen molar-refractivity contribution in [2.75, 3.05) is 0 Å². The van der Waals surface area contributed by atoms with Crippen LogP contribution in [0.1, 0.15) is 5.56 Å². The van der Waals surface area contributed by atoms with E-state index >= 15 is 0 Å². The van der Waals surface area contributed by atoms with Crippen LogP contribution in [0, 0.1) is 21.7 Å². The second kappa shape index (κ2) is 8.23. The van der Waals surface area contributed by atoms with Crippen LogP contribution in [-0.4, -0.2) is 19.5 Å². The highest BCUT2D eigenvalue weighted by Gasteiger charge is 2.18. The molecule has 0 saturated carbocycles. The summed E-state index contributed by atoms with van der Waals surface area (Å²) in [4.78, 5) is 19.6. The number of hydrogen-bond acceptors (Lipinski definition) is 4. The molecule has 8 heteroatoms. The van der Waals surface area contributed by atoms with Gasteiger partial charge in [-0.05, 0) is 35.4 Å². The van der Waals surface area contributed by atoms with Gasteiger partial charge in [-0.15, -0.1) is 0 Å². The van der Waals surface area contributed by atoms with E-state index in [1.807, 2.05) is 35.0 Å². The van der Waals surface area contributed by atoms with Crippen LogP contribution in [-0.2, 0) is 6.54 Å². The largest absolute Gasteiger partial charge is 0.348 e. The molecule has 0 atom stereocenters. The van der Waals surface area contributed by atoms with Gasteiger partial charge in [0.05, 0.1) is 21.7 Å². The molecule has 2 aliphatic heterocycles. The number of nitrogens with zero attached hydrogens (tertiary/aromatic N) is 4. The number of hydrogen-bond donors (Lipinski definition) is 0. The summed E-state index contributed by atoms with van der Waals surface area (Å²) in [6.45, 7) is 0.531. The minimum absolute atomic E-state index is 0.0170. The van der Waals surface area contributed by atoms with Gasteiger partial charge in [-0.3, -0.25) is 10.1 Å². The summed E-state index contributed by atoms with van der Waals surface area (Å²) in [5.41, 5.74) is 3.53. The van der Waals surface area contributed by atoms with Crippen molar-refractivity contribution in [2.24, 2.45) is 0 Å². The number of benzene rings is 3. The van der Waals surface area contributed by atoms with Gasteiger partial charge in [0.1, 0.15) is 5.69 Å². The Morgan fingerprint density at radius 1 is 0.848 bits per heavy atom. The highest BCUT2D eigenvalue weighted by Crippen LogP contribution is 2.30. The zero-order valence-electron chi connectivity index (χ0n) is 17.2. The first-order valence-corrected chi connectivity index (χ1v) is 10.1. The maximum Gasteiger partial charge on any atom is 0.277 e. The van der Waals surface area contributed by atoms with Crippen molar-refractivity contribution in [1.82, 2.24) is 14.5 Å². The molecular weight excluding hydrogens is 426 g/mol. The van der Waals surface area contributed by atoms with E-state index in [0.717, 1.165) is 17.2 Å². The summed E-state index contributed by atoms with van der Waals surface area (Å²) in [6, 6.07) is 19.8. The van der Waals surface area contributed by atoms with Crippen molar-refractivity contribution in [3.05, 3.63) is 113 Å². The lowest BCUT2D eigenvalue weighted by Gasteiger charge is -2.09. The molecule has 0 saturated heterocycles. The predicted molar refractivity (Wildman–Crippen MR) is 120 cm³/mol. The van der Waals surface area contributed by atoms with Crippen LogP contribution < -0.4 is 0 Å². The van der Waals surface area contributed by atoms with Crippen LogP contribution in [0.15, 0.2) is 85.2 Å². The molecular formula is C25H16F2N4O2. The molecule has 0 aromatic heterocycles. The summed E-state index contributed by atoms with van der Waals surface area (Å²) in [5, 5.41) is 11.3. The first kappa shape index (κ1) is 20.4. The Kier molecular flexibility index (Phi) is 5.10. The Hall–Kier alpha value is -4.46. The SMILES string of the molecule is O=[N+]([O-])c1ccccc1-c1ccc(Cn2ccc3nc(-c4cccc(F)c4F)nc-3c2)cc1. The van der Waals surface area contributed by atoms with E-state index in [0.29, 0.717) is 23.5 Å². The van der Waals surface area contributed by atoms with Gasteiger partial charge in [0.15, 0.2) is 17.5 Å². The van der Waals surface area contributed by atoms with Crippen LogP contribution in [0.5, 0.6) is 0 Å². The molecule has 5 rings (SSSR count). The van der Waals surface area contributed by atoms with Gasteiger partial charge in [-0.25, -0.2) is 18.7 Å². The standard InChI is InChI=1S/C25H16F2N4O2/c26-20-6-3-5-19(24(20)27)25-28-21-12-13-30(15-22(21)29-25)14-16-8-10-17(11-9-16)18-4-1-2-7-23(18)31(32)33/h1-13,15H,14H2. The number of pyridine rings is 1. The lowest BCUT2D eigenvalue weighted by Crippen LogP contribution is -2.01. The number of halogens is 2. The molecule has 6 nitrogen and oxygen atoms in total. The molecule has 0 spiro atoms. The van der Waals surface area contributed by atoms with E-state index in [2.05, 4.69) is 9.97 Å². The van der Waals surface area contributed by atoms with Gasteiger partial charge in [0.2, 0.25) is 0 Å². The molecule has 3 aromatic carbocycles. The molecule has 0 radical (unpaired) electrons. The fraction of sp³-hybridized carbons (Fsp3) is 0.0400. The zero-order valence-corrected chi connectivity index (χ0v) is 17.2. The molecule has 0 amide bonds. The second-order valence-electron chi connectivity index (χ2n) is 7.51. The average Bonchev–Trinajstić information content (AvgIpc) is 3.24. The minimum Gasteiger partial charge on any atom is -0.348 e. The molecule has 2 aliphatic rings. The molecule has 3 aromatic rings. The number of para-hydroxylation sites is 1. The van der Waals surface area contributed by atoms with Crippen LogP contribution in [0.2, 0.25) is 0 Å². The van der Waals surface area contributed by atoms with Crippen molar-refractivity contribution in [1.29, 1.82) is 0 Å². The molecule has 162 valence electrons. The molecule has 0 bridgehead atoms. The van der Waals surface area contributed by atoms with E-state index in [9.17, 15) is 18.9 Å². The Morgan fingerprint density at radius 2 is 1.58 bits per heavy atom. The topological polar surface area (TPSA) is 73.8 Å². The van der Waals surface area contributed by atoms with Gasteiger partial charge in [-0.2, -0.15) is 0 Å². The second-order valence-corrected chi connectivity index (χ2v) is 7.51. The smallest absolute Gasteiger partial charge is 0.277 e. The maximum absolute atomic E-state index is 14.1. The van der Waals surface area contributed by atoms with Crippen LogP contribution in [0.4, 0.5) is 14.5 Å². The van der Waals surface area contributed by atoms with Crippen molar-refractivity contribution < 1.29 is 13.7 Å². The van der Waals surface area contributed by atoms with E-state index in [-0.39, 0.29) is 22.0 Å². The van der Waals surface area contributed by atoms with Crippen molar-refractivity contribution in [2.45, 2.75) is 6.54 Å². The molecule has 0 fully saturated rings. The zero-order chi connectivity index (χ0) is 22.9. The number of nitro groups is 1. The highest BCUT2D eigenvalue weighted by molar-refractivity contribution is 5.73. The van der Waals surface area contributed by atoms with Crippen LogP contribution >= 0.6 is 0 Å². The van der Waals surface area contributed by atoms with E-state index in [1.54, 1.807) is 30.5 Å². The number of fused-ring (bicyclic) bond motifs is 1. The Labute approximate surface area is 187 Å². The van der Waals surface area contributed by atoms with Gasteiger partial charge < -0.3 is 4.57 Å². The number of rotatable bonds is 5. The van der Waals surface area contributed by atoms with Gasteiger partial charge >= 0.3 is 0 Å². The molecule has 0 unspecified atom stereocenters. The molecule has 2 heterocycles. The lowest BCUT2D eigenvalue weighted by molar-refractivity contribution is -0.384. The molecule has 0 aliphatic carbocycles. The normalized spacial score (nSPS) is 11.1. The fourth-order valence-corrected chi connectivity index (χ4v) is 3.72. The highest BCUT2D eigenvalue weighted by atomic mass is 19.2. The monoisotopic (exact) mass is 442 g/mol. The van der Waals surface area contributed by atoms with E-state index < -0.39 is 11.6 Å². The van der Waals surface area contributed by atoms with Gasteiger partial charge in [0.25, 0.3) is 5.69 Å². The Bertz CT molecular complexity index is 1450. The Morgan fingerprint density at radius 3 is 2.36 bits per heavy atom. The summed E-state index contributed by atoms with van der Waals surface area (Å²) in [5.74, 6) is -1.78. The van der Waals surface area contributed by atoms with Gasteiger partial charge in [-0.1, -0.05) is 42.5 Å². The first-order chi connectivity index (χ1) is 16.0. The predicted octanol–water partition coefficient (Wildman–Crippen LogP) is 5.95. The summed E-state index contributed by atoms with van der Waals surface area (Å²) in [7, 11) is 0. The van der Waals surface area contributed by atoms with Crippen molar-refractivity contribution >= 4 is 5.69 Å². The summed E-state index contributed by atoms with van der Waals surface area (Å²) in [6.07, 6.45) is 3.62. The molecule has 33 heavy (non-hydrogen) atoms. The third kappa shape index (κ3) is 3.94. The maximum atomic E-state index is 14.1. The van der Waals surface area contributed by atoms with Crippen LogP contribution in [0.3, 0.4) is 0 Å². The summed E-state index contributed by atoms with van der Waals surface area (Å²) < 4.78 is 29.6. The third-order valence-corrected chi connectivity index (χ3v) is 5.35. The number of nitro benzene ring substituents is 1. The van der Waals surface area contributed by atoms with Crippen molar-refractivity contribution in [3.63, 3.8) is 0 Å². The quantitative estimate of drug-likeness (QED) is 0.249. The van der Waals surface area contributed by atoms with Crippen LogP contribution in [0.25, 0.3) is 33.9 Å². The van der Waals surface area contributed by atoms with Gasteiger partial charge in [0, 0.05) is 25.0 Å². The number of aromatic nitrogens is 3. The summed E-state index contributed by atoms with van der Waals surface area (Å²) >= 11 is 0. The average molecular weight is 442 g/mol. The number of imidazole rings is 1. The Balaban J connectivity index is 1.40. The van der Waals surface area contributed by atoms with E-state index in [4.69, 9.17) is 0 Å². The third-order valence-electron chi connectivity index (χ3n) is 5.35. The fourth-order valence-electron chi connectivity index (χ4n) is 3.72. The minimum atomic E-state index is -0.973. The molecule has 0 N–H and O–H groups in total. The van der Waals surface area contributed by atoms with Crippen molar-refractivity contribution in [3.8, 4) is 33.9 Å². The van der Waals surface area contributed by atoms with E-state index in [1.165, 1.54) is 18.2 Å². The lowest BCUT2D eigenvalue weighted by atomic mass is 10.0. The first-order valence-electron chi connectivity index (χ1n) is 10.1.